The summed E-state index contributed by atoms with van der Waals surface area (Å²) in [7, 11) is 0. The molecular weight excluding hydrogens is 265 g/mol. The van der Waals surface area contributed by atoms with E-state index in [-0.39, 0.29) is 22.8 Å². The molecule has 0 aliphatic carbocycles. The van der Waals surface area contributed by atoms with E-state index in [2.05, 4.69) is 20.9 Å². The molecule has 1 aromatic rings. The lowest BCUT2D eigenvalue weighted by atomic mass is 10.3. The first-order chi connectivity index (χ1) is 4.33. The van der Waals surface area contributed by atoms with E-state index in [0.717, 1.165) is 5.56 Å². The van der Waals surface area contributed by atoms with Crippen molar-refractivity contribution in [3.63, 3.8) is 0 Å². The van der Waals surface area contributed by atoms with Crippen LogP contribution in [0.15, 0.2) is 18.5 Å². The molecule has 0 radical (unpaired) electrons. The molecule has 0 N–H and O–H groups in total. The lowest BCUT2D eigenvalue weighted by Crippen LogP contribution is -1.81. The lowest BCUT2D eigenvalue weighted by molar-refractivity contribution is 0.620. The fourth-order valence-electron chi connectivity index (χ4n) is 0.529. The summed E-state index contributed by atoms with van der Waals surface area (Å²) in [4.78, 5) is 3.65. The van der Waals surface area contributed by atoms with E-state index in [1.54, 1.807) is 6.20 Å². The van der Waals surface area contributed by atoms with Gasteiger partial charge in [0, 0.05) is 11.5 Å². The van der Waals surface area contributed by atoms with E-state index in [1.165, 1.54) is 12.3 Å². The average Bonchev–Trinajstić information content (AvgIpc) is 1.88. The van der Waals surface area contributed by atoms with Crippen molar-refractivity contribution >= 4 is 32.9 Å². The molecule has 0 unspecified atom stereocenters. The summed E-state index contributed by atoms with van der Waals surface area (Å²) in [5, 5.41) is 0.651. The molecule has 0 amide bonds. The molecule has 10 heavy (non-hydrogen) atoms. The van der Waals surface area contributed by atoms with Gasteiger partial charge in [0.2, 0.25) is 0 Å². The topological polar surface area (TPSA) is 12.9 Å². The maximum absolute atomic E-state index is 12.3. The highest BCUT2D eigenvalue weighted by Crippen LogP contribution is 2.04. The van der Waals surface area contributed by atoms with Crippen LogP contribution in [0, 0.1) is 5.82 Å². The van der Waals surface area contributed by atoms with Gasteiger partial charge in [0.15, 0.2) is 0 Å². The lowest BCUT2D eigenvalue weighted by Gasteiger charge is -1.90. The Bertz CT molecular complexity index is 205. The molecule has 0 spiro atoms. The van der Waals surface area contributed by atoms with Crippen LogP contribution in [0.25, 0.3) is 0 Å². The predicted molar refractivity (Wildman–Crippen MR) is 47.1 cm³/mol. The highest BCUT2D eigenvalue weighted by atomic mass is 79.9. The first-order valence-corrected chi connectivity index (χ1v) is 3.60. The first kappa shape index (κ1) is 10.0. The van der Waals surface area contributed by atoms with Crippen LogP contribution in [0.2, 0.25) is 0 Å². The minimum Gasteiger partial charge on any atom is -0.261 e. The number of rotatable bonds is 1. The zero-order valence-corrected chi connectivity index (χ0v) is 8.35. The van der Waals surface area contributed by atoms with Gasteiger partial charge in [0.1, 0.15) is 5.82 Å². The number of halogens is 3. The number of hydrogen-bond donors (Lipinski definition) is 0. The number of hydrogen-bond acceptors (Lipinski definition) is 1. The molecule has 0 aromatic carbocycles. The summed E-state index contributed by atoms with van der Waals surface area (Å²) >= 11 is 3.18. The number of nitrogens with zero attached hydrogens (tertiary/aromatic N) is 1. The minimum atomic E-state index is -0.285. The molecule has 0 aliphatic heterocycles. The predicted octanol–water partition coefficient (Wildman–Crippen LogP) is 2.69. The van der Waals surface area contributed by atoms with Crippen molar-refractivity contribution in [3.8, 4) is 0 Å². The van der Waals surface area contributed by atoms with Crippen LogP contribution in [-0.2, 0) is 5.33 Å². The molecule has 1 heterocycles. The SMILES string of the molecule is Br.Fc1cncc(CBr)c1. The second-order valence-electron chi connectivity index (χ2n) is 1.65. The third-order valence-electron chi connectivity index (χ3n) is 0.916. The van der Waals surface area contributed by atoms with Gasteiger partial charge in [-0.3, -0.25) is 4.98 Å². The smallest absolute Gasteiger partial charge is 0.141 e. The molecule has 0 atom stereocenters. The molecule has 1 aromatic heterocycles. The van der Waals surface area contributed by atoms with E-state index < -0.39 is 0 Å². The van der Waals surface area contributed by atoms with Gasteiger partial charge in [-0.15, -0.1) is 17.0 Å². The third kappa shape index (κ3) is 2.75. The zero-order chi connectivity index (χ0) is 6.69. The monoisotopic (exact) mass is 269 g/mol. The van der Waals surface area contributed by atoms with Crippen molar-refractivity contribution in [3.05, 3.63) is 29.8 Å². The third-order valence-corrected chi connectivity index (χ3v) is 1.56. The van der Waals surface area contributed by atoms with Crippen molar-refractivity contribution in [1.29, 1.82) is 0 Å². The van der Waals surface area contributed by atoms with Gasteiger partial charge in [0.05, 0.1) is 6.20 Å². The minimum absolute atomic E-state index is 0. The van der Waals surface area contributed by atoms with Crippen LogP contribution >= 0.6 is 32.9 Å². The molecule has 4 heteroatoms. The molecule has 0 saturated heterocycles. The van der Waals surface area contributed by atoms with Crippen molar-refractivity contribution in [2.45, 2.75) is 5.33 Å². The van der Waals surface area contributed by atoms with Gasteiger partial charge < -0.3 is 0 Å². The van der Waals surface area contributed by atoms with Gasteiger partial charge in [0.25, 0.3) is 0 Å². The summed E-state index contributed by atoms with van der Waals surface area (Å²) < 4.78 is 12.3. The van der Waals surface area contributed by atoms with E-state index >= 15 is 0 Å². The quantitative estimate of drug-likeness (QED) is 0.715. The normalized spacial score (nSPS) is 8.60. The van der Waals surface area contributed by atoms with Crippen LogP contribution in [-0.4, -0.2) is 4.98 Å². The summed E-state index contributed by atoms with van der Waals surface area (Å²) in [5.41, 5.74) is 0.856. The molecular formula is C6H6Br2FN. The first-order valence-electron chi connectivity index (χ1n) is 2.48. The van der Waals surface area contributed by atoms with Crippen LogP contribution in [0.3, 0.4) is 0 Å². The van der Waals surface area contributed by atoms with Crippen LogP contribution in [0.1, 0.15) is 5.56 Å². The molecule has 1 nitrogen and oxygen atoms in total. The summed E-state index contributed by atoms with van der Waals surface area (Å²) in [6.45, 7) is 0. The Labute approximate surface area is 77.6 Å². The Morgan fingerprint density at radius 1 is 1.50 bits per heavy atom. The van der Waals surface area contributed by atoms with Crippen molar-refractivity contribution in [2.24, 2.45) is 0 Å². The van der Waals surface area contributed by atoms with Crippen LogP contribution < -0.4 is 0 Å². The Hall–Kier alpha value is 0.0400. The number of aromatic nitrogens is 1. The van der Waals surface area contributed by atoms with Gasteiger partial charge in [-0.05, 0) is 11.6 Å². The molecule has 56 valence electrons. The average molecular weight is 271 g/mol. The molecule has 0 aliphatic rings. The Balaban J connectivity index is 0.000000810. The fourth-order valence-corrected chi connectivity index (χ4v) is 0.836. The highest BCUT2D eigenvalue weighted by Gasteiger charge is 1.91. The van der Waals surface area contributed by atoms with Gasteiger partial charge in [-0.2, -0.15) is 0 Å². The summed E-state index contributed by atoms with van der Waals surface area (Å²) in [5.74, 6) is -0.285. The van der Waals surface area contributed by atoms with Gasteiger partial charge in [-0.25, -0.2) is 4.39 Å². The second-order valence-corrected chi connectivity index (χ2v) is 2.21. The van der Waals surface area contributed by atoms with Crippen molar-refractivity contribution < 1.29 is 4.39 Å². The van der Waals surface area contributed by atoms with E-state index in [9.17, 15) is 4.39 Å². The second kappa shape index (κ2) is 4.79. The summed E-state index contributed by atoms with van der Waals surface area (Å²) in [6, 6.07) is 1.45. The standard InChI is InChI=1S/C6H5BrFN.BrH/c7-2-5-1-6(8)4-9-3-5;/h1,3-4H,2H2;1H. The maximum atomic E-state index is 12.3. The highest BCUT2D eigenvalue weighted by molar-refractivity contribution is 9.08. The van der Waals surface area contributed by atoms with Gasteiger partial charge >= 0.3 is 0 Å². The fraction of sp³-hybridized carbons (Fsp3) is 0.167. The van der Waals surface area contributed by atoms with Crippen LogP contribution in [0.4, 0.5) is 4.39 Å². The Morgan fingerprint density at radius 3 is 2.60 bits per heavy atom. The molecule has 1 rings (SSSR count). The molecule has 0 bridgehead atoms. The Kier molecular flexibility index (Phi) is 4.81. The number of pyridine rings is 1. The summed E-state index contributed by atoms with van der Waals surface area (Å²) in [6.07, 6.45) is 2.81. The van der Waals surface area contributed by atoms with Crippen LogP contribution in [0.5, 0.6) is 0 Å². The van der Waals surface area contributed by atoms with Gasteiger partial charge in [-0.1, -0.05) is 15.9 Å². The van der Waals surface area contributed by atoms with E-state index in [1.807, 2.05) is 0 Å². The molecule has 0 fully saturated rings. The number of alkyl halides is 1. The van der Waals surface area contributed by atoms with Crippen molar-refractivity contribution in [1.82, 2.24) is 4.98 Å². The molecule has 0 saturated carbocycles. The zero-order valence-electron chi connectivity index (χ0n) is 5.05. The van der Waals surface area contributed by atoms with E-state index in [0.29, 0.717) is 5.33 Å². The maximum Gasteiger partial charge on any atom is 0.141 e. The Morgan fingerprint density at radius 2 is 2.20 bits per heavy atom. The van der Waals surface area contributed by atoms with Crippen molar-refractivity contribution in [2.75, 3.05) is 0 Å². The largest absolute Gasteiger partial charge is 0.261 e. The van der Waals surface area contributed by atoms with E-state index in [4.69, 9.17) is 0 Å².